The highest BCUT2D eigenvalue weighted by atomic mass is 16.7. The number of ether oxygens (including phenoxy) is 2. The Kier molecular flexibility index (Phi) is 3.07. The van der Waals surface area contributed by atoms with E-state index in [0.717, 1.165) is 36.8 Å². The third-order valence-electron chi connectivity index (χ3n) is 5.97. The monoisotopic (exact) mass is 303 g/mol. The average molecular weight is 303 g/mol. The van der Waals surface area contributed by atoms with Crippen molar-refractivity contribution in [3.8, 4) is 0 Å². The van der Waals surface area contributed by atoms with E-state index in [1.165, 1.54) is 0 Å². The summed E-state index contributed by atoms with van der Waals surface area (Å²) in [5.41, 5.74) is 0.891. The van der Waals surface area contributed by atoms with Gasteiger partial charge in [-0.25, -0.2) is 0 Å². The van der Waals surface area contributed by atoms with Crippen LogP contribution in [0.1, 0.15) is 37.3 Å². The summed E-state index contributed by atoms with van der Waals surface area (Å²) in [5.74, 6) is -0.577. The Labute approximate surface area is 129 Å². The fourth-order valence-electron chi connectivity index (χ4n) is 4.92. The van der Waals surface area contributed by atoms with E-state index < -0.39 is 11.3 Å². The van der Waals surface area contributed by atoms with Gasteiger partial charge in [-0.3, -0.25) is 10.1 Å². The lowest BCUT2D eigenvalue weighted by Gasteiger charge is -2.50. The van der Waals surface area contributed by atoms with Crippen LogP contribution in [-0.2, 0) is 21.4 Å². The predicted molar refractivity (Wildman–Crippen MR) is 80.0 cm³/mol. The summed E-state index contributed by atoms with van der Waals surface area (Å²) in [5, 5.41) is 12.0. The zero-order valence-corrected chi connectivity index (χ0v) is 12.8. The lowest BCUT2D eigenvalue weighted by molar-refractivity contribution is -0.593. The summed E-state index contributed by atoms with van der Waals surface area (Å²) >= 11 is 0. The van der Waals surface area contributed by atoms with Gasteiger partial charge in [-0.15, -0.1) is 0 Å². The lowest BCUT2D eigenvalue weighted by atomic mass is 9.58. The first-order chi connectivity index (χ1) is 10.6. The highest BCUT2D eigenvalue weighted by Gasteiger charge is 2.62. The van der Waals surface area contributed by atoms with Crippen LogP contribution in [0, 0.1) is 22.0 Å². The molecule has 1 heterocycles. The zero-order valence-electron chi connectivity index (χ0n) is 12.8. The minimum absolute atomic E-state index is 0.0377. The summed E-state index contributed by atoms with van der Waals surface area (Å²) in [6.07, 6.45) is 3.45. The van der Waals surface area contributed by atoms with Crippen LogP contribution in [0.4, 0.5) is 0 Å². The van der Waals surface area contributed by atoms with Gasteiger partial charge in [0, 0.05) is 35.7 Å². The molecule has 5 nitrogen and oxygen atoms in total. The largest absolute Gasteiger partial charge is 0.347 e. The Morgan fingerprint density at radius 3 is 2.68 bits per heavy atom. The van der Waals surface area contributed by atoms with E-state index >= 15 is 0 Å². The molecule has 0 N–H and O–H groups in total. The zero-order chi connectivity index (χ0) is 15.4. The van der Waals surface area contributed by atoms with Gasteiger partial charge in [-0.1, -0.05) is 24.3 Å². The van der Waals surface area contributed by atoms with Crippen LogP contribution >= 0.6 is 0 Å². The number of hydrogen-bond donors (Lipinski definition) is 0. The van der Waals surface area contributed by atoms with Crippen molar-refractivity contribution in [2.24, 2.45) is 11.8 Å². The Morgan fingerprint density at radius 1 is 1.23 bits per heavy atom. The highest BCUT2D eigenvalue weighted by molar-refractivity contribution is 5.37. The van der Waals surface area contributed by atoms with E-state index in [-0.39, 0.29) is 16.8 Å². The van der Waals surface area contributed by atoms with Crippen LogP contribution in [0.3, 0.4) is 0 Å². The molecule has 1 saturated heterocycles. The van der Waals surface area contributed by atoms with Crippen molar-refractivity contribution in [1.82, 2.24) is 0 Å². The smallest absolute Gasteiger partial charge is 0.247 e. The standard InChI is InChI=1S/C17H21NO4/c1-16(18(19)20)13-6-3-2-5-12(13)11-15-14(16)7-4-8-17(15)21-9-10-22-17/h2-3,5-6,14-15H,4,7-11H2,1H3/t14-,15+,16-/m1/s1. The van der Waals surface area contributed by atoms with Gasteiger partial charge in [-0.05, 0) is 24.8 Å². The van der Waals surface area contributed by atoms with E-state index in [1.54, 1.807) is 6.92 Å². The molecule has 0 unspecified atom stereocenters. The van der Waals surface area contributed by atoms with Gasteiger partial charge in [0.2, 0.25) is 5.54 Å². The molecule has 1 aliphatic heterocycles. The van der Waals surface area contributed by atoms with Crippen molar-refractivity contribution >= 4 is 0 Å². The SMILES string of the molecule is C[C@@]1([N+](=O)[O-])c2ccccc2C[C@H]2[C@H]1CCCC21OCCO1. The van der Waals surface area contributed by atoms with Gasteiger partial charge in [0.15, 0.2) is 5.79 Å². The Bertz CT molecular complexity index is 610. The van der Waals surface area contributed by atoms with Gasteiger partial charge >= 0.3 is 0 Å². The molecule has 3 aliphatic rings. The van der Waals surface area contributed by atoms with Crippen molar-refractivity contribution in [3.05, 3.63) is 45.5 Å². The molecule has 1 aromatic rings. The van der Waals surface area contributed by atoms with Gasteiger partial charge in [0.25, 0.3) is 0 Å². The highest BCUT2D eigenvalue weighted by Crippen LogP contribution is 2.55. The van der Waals surface area contributed by atoms with Gasteiger partial charge < -0.3 is 9.47 Å². The first-order valence-electron chi connectivity index (χ1n) is 8.09. The number of nitrogens with zero attached hydrogens (tertiary/aromatic N) is 1. The molecule has 118 valence electrons. The summed E-state index contributed by atoms with van der Waals surface area (Å²) in [7, 11) is 0. The van der Waals surface area contributed by atoms with Crippen LogP contribution in [0.2, 0.25) is 0 Å². The normalized spacial score (nSPS) is 35.9. The van der Waals surface area contributed by atoms with E-state index in [9.17, 15) is 10.1 Å². The molecule has 0 aromatic heterocycles. The van der Waals surface area contributed by atoms with Crippen LogP contribution in [-0.4, -0.2) is 23.9 Å². The summed E-state index contributed by atoms with van der Waals surface area (Å²) in [6.45, 7) is 2.98. The Balaban J connectivity index is 1.87. The van der Waals surface area contributed by atoms with Crippen LogP contribution < -0.4 is 0 Å². The number of hydrogen-bond acceptors (Lipinski definition) is 4. The second kappa shape index (κ2) is 4.77. The van der Waals surface area contributed by atoms with Crippen molar-refractivity contribution in [2.45, 2.75) is 43.9 Å². The average Bonchev–Trinajstić information content (AvgIpc) is 2.98. The molecular weight excluding hydrogens is 282 g/mol. The third kappa shape index (κ3) is 1.72. The maximum absolute atomic E-state index is 12.0. The van der Waals surface area contributed by atoms with Crippen molar-refractivity contribution in [2.75, 3.05) is 13.2 Å². The fourth-order valence-corrected chi connectivity index (χ4v) is 4.92. The molecule has 0 amide bonds. The molecule has 2 fully saturated rings. The molecule has 1 spiro atoms. The maximum atomic E-state index is 12.0. The number of benzene rings is 1. The molecule has 2 aliphatic carbocycles. The second-order valence-electron chi connectivity index (χ2n) is 6.88. The fraction of sp³-hybridized carbons (Fsp3) is 0.647. The Hall–Kier alpha value is -1.46. The van der Waals surface area contributed by atoms with Crippen molar-refractivity contribution in [1.29, 1.82) is 0 Å². The van der Waals surface area contributed by atoms with E-state index in [4.69, 9.17) is 9.47 Å². The molecule has 1 saturated carbocycles. The maximum Gasteiger partial charge on any atom is 0.247 e. The minimum Gasteiger partial charge on any atom is -0.347 e. The quantitative estimate of drug-likeness (QED) is 0.591. The predicted octanol–water partition coefficient (Wildman–Crippen LogP) is 2.89. The van der Waals surface area contributed by atoms with Crippen molar-refractivity contribution in [3.63, 3.8) is 0 Å². The molecule has 4 rings (SSSR count). The third-order valence-corrected chi connectivity index (χ3v) is 5.97. The summed E-state index contributed by atoms with van der Waals surface area (Å²) in [4.78, 5) is 11.9. The summed E-state index contributed by atoms with van der Waals surface area (Å²) < 4.78 is 12.0. The number of rotatable bonds is 1. The molecule has 5 heteroatoms. The van der Waals surface area contributed by atoms with E-state index in [2.05, 4.69) is 0 Å². The summed E-state index contributed by atoms with van der Waals surface area (Å²) in [6, 6.07) is 7.81. The molecule has 22 heavy (non-hydrogen) atoms. The van der Waals surface area contributed by atoms with E-state index in [0.29, 0.717) is 13.2 Å². The molecular formula is C17H21NO4. The van der Waals surface area contributed by atoms with Crippen LogP contribution in [0.5, 0.6) is 0 Å². The van der Waals surface area contributed by atoms with Crippen LogP contribution in [0.25, 0.3) is 0 Å². The second-order valence-corrected chi connectivity index (χ2v) is 6.88. The van der Waals surface area contributed by atoms with E-state index in [1.807, 2.05) is 24.3 Å². The van der Waals surface area contributed by atoms with Gasteiger partial charge in [0.05, 0.1) is 13.2 Å². The molecule has 0 bridgehead atoms. The van der Waals surface area contributed by atoms with Crippen LogP contribution in [0.15, 0.2) is 24.3 Å². The first-order valence-corrected chi connectivity index (χ1v) is 8.09. The molecule has 0 radical (unpaired) electrons. The molecule has 1 aromatic carbocycles. The lowest BCUT2D eigenvalue weighted by Crippen LogP contribution is -2.57. The number of fused-ring (bicyclic) bond motifs is 3. The van der Waals surface area contributed by atoms with Gasteiger partial charge in [0.1, 0.15) is 0 Å². The molecule has 3 atom stereocenters. The Morgan fingerprint density at radius 2 is 1.95 bits per heavy atom. The minimum atomic E-state index is -1.05. The number of nitro groups is 1. The van der Waals surface area contributed by atoms with Gasteiger partial charge in [-0.2, -0.15) is 0 Å². The topological polar surface area (TPSA) is 61.6 Å². The first kappa shape index (κ1) is 14.2. The van der Waals surface area contributed by atoms with Crippen molar-refractivity contribution < 1.29 is 14.4 Å².